The summed E-state index contributed by atoms with van der Waals surface area (Å²) in [5, 5.41) is 9.98. The number of carbonyl (C=O) groups is 2. The van der Waals surface area contributed by atoms with E-state index in [-0.39, 0.29) is 12.6 Å². The average molecular weight is 259 g/mol. The van der Waals surface area contributed by atoms with Crippen LogP contribution in [0.3, 0.4) is 0 Å². The van der Waals surface area contributed by atoms with Gasteiger partial charge < -0.3 is 22.3 Å². The molecule has 0 saturated carbocycles. The molecule has 0 aromatic carbocycles. The second kappa shape index (κ2) is 7.85. The Labute approximate surface area is 95.9 Å². The Hall–Kier alpha value is -1.35. The second-order valence-corrected chi connectivity index (χ2v) is 3.15. The minimum atomic E-state index is -5.07. The maximum atomic E-state index is 11.8. The summed E-state index contributed by atoms with van der Waals surface area (Å²) in [4.78, 5) is 21.0. The quantitative estimate of drug-likeness (QED) is 0.514. The van der Waals surface area contributed by atoms with Crippen LogP contribution in [0.2, 0.25) is 0 Å². The van der Waals surface area contributed by atoms with Crippen molar-refractivity contribution in [2.45, 2.75) is 31.5 Å². The Balaban J connectivity index is 0. The molecular weight excluding hydrogens is 243 g/mol. The van der Waals surface area contributed by atoms with Crippen molar-refractivity contribution in [1.82, 2.24) is 11.5 Å². The summed E-state index contributed by atoms with van der Waals surface area (Å²) in [6, 6.07) is -1.53. The van der Waals surface area contributed by atoms with Crippen LogP contribution < -0.4 is 17.2 Å². The number of rotatable bonds is 6. The Morgan fingerprint density at radius 3 is 2.18 bits per heavy atom. The van der Waals surface area contributed by atoms with Crippen molar-refractivity contribution in [1.29, 1.82) is 0 Å². The highest BCUT2D eigenvalue weighted by Crippen LogP contribution is 2.15. The van der Waals surface area contributed by atoms with Gasteiger partial charge in [-0.15, -0.1) is 0 Å². The Morgan fingerprint density at radius 2 is 1.82 bits per heavy atom. The average Bonchev–Trinajstić information content (AvgIpc) is 2.14. The van der Waals surface area contributed by atoms with Crippen LogP contribution in [0, 0.1) is 0 Å². The molecule has 7 N–H and O–H groups in total. The van der Waals surface area contributed by atoms with Crippen molar-refractivity contribution in [3.05, 3.63) is 0 Å². The summed E-state index contributed by atoms with van der Waals surface area (Å²) >= 11 is 0. The molecule has 102 valence electrons. The van der Waals surface area contributed by atoms with Gasteiger partial charge in [-0.1, -0.05) is 0 Å². The minimum Gasteiger partial charge on any atom is -0.480 e. The number of carboxylic acid groups (broad SMARTS) is 1. The van der Waals surface area contributed by atoms with Gasteiger partial charge in [-0.3, -0.25) is 4.79 Å². The molecule has 17 heavy (non-hydrogen) atoms. The molecule has 0 aliphatic rings. The number of nitrogens with two attached hydrogens (primary N) is 1. The van der Waals surface area contributed by atoms with Crippen molar-refractivity contribution in [3.63, 3.8) is 0 Å². The van der Waals surface area contributed by atoms with Gasteiger partial charge in [0, 0.05) is 0 Å². The Morgan fingerprint density at radius 1 is 1.29 bits per heavy atom. The molecule has 0 spiro atoms. The van der Waals surface area contributed by atoms with E-state index in [2.05, 4.69) is 0 Å². The standard InChI is InChI=1S/C8H13F3N2O3.H3N/c9-8(10,11)7(16)13-5(6(14)15)3-1-2-4-12;/h5H,1-4,12H2,(H,13,16)(H,14,15);1H3/t5-;/m0./s1. The zero-order chi connectivity index (χ0) is 12.8. The van der Waals surface area contributed by atoms with E-state index < -0.39 is 24.1 Å². The molecule has 0 bridgehead atoms. The van der Waals surface area contributed by atoms with Crippen LogP contribution in [0.15, 0.2) is 0 Å². The molecule has 0 radical (unpaired) electrons. The molecule has 0 aromatic rings. The highest BCUT2D eigenvalue weighted by atomic mass is 19.4. The fourth-order valence-corrected chi connectivity index (χ4v) is 0.990. The van der Waals surface area contributed by atoms with Crippen molar-refractivity contribution < 1.29 is 27.9 Å². The molecular formula is C8H16F3N3O3. The first-order chi connectivity index (χ1) is 7.29. The molecule has 0 rings (SSSR count). The van der Waals surface area contributed by atoms with Gasteiger partial charge >= 0.3 is 18.1 Å². The van der Waals surface area contributed by atoms with Crippen LogP contribution >= 0.6 is 0 Å². The maximum absolute atomic E-state index is 11.8. The zero-order valence-electron chi connectivity index (χ0n) is 9.09. The highest BCUT2D eigenvalue weighted by Gasteiger charge is 2.40. The summed E-state index contributed by atoms with van der Waals surface area (Å²) in [5.74, 6) is -3.73. The van der Waals surface area contributed by atoms with Gasteiger partial charge in [0.25, 0.3) is 0 Å². The van der Waals surface area contributed by atoms with Crippen molar-refractivity contribution in [3.8, 4) is 0 Å². The van der Waals surface area contributed by atoms with E-state index >= 15 is 0 Å². The zero-order valence-corrected chi connectivity index (χ0v) is 9.09. The number of hydrogen-bond donors (Lipinski definition) is 4. The van der Waals surface area contributed by atoms with Crippen molar-refractivity contribution in [2.24, 2.45) is 5.73 Å². The van der Waals surface area contributed by atoms with Gasteiger partial charge in [0.1, 0.15) is 6.04 Å². The summed E-state index contributed by atoms with van der Waals surface area (Å²) < 4.78 is 35.5. The van der Waals surface area contributed by atoms with Gasteiger partial charge in [-0.25, -0.2) is 4.79 Å². The van der Waals surface area contributed by atoms with Crippen molar-refractivity contribution >= 4 is 11.9 Å². The van der Waals surface area contributed by atoms with Crippen molar-refractivity contribution in [2.75, 3.05) is 6.54 Å². The first-order valence-corrected chi connectivity index (χ1v) is 4.59. The van der Waals surface area contributed by atoms with Crippen LogP contribution in [0.1, 0.15) is 19.3 Å². The number of hydrogen-bond acceptors (Lipinski definition) is 4. The number of unbranched alkanes of at least 4 members (excludes halogenated alkanes) is 1. The van der Waals surface area contributed by atoms with Gasteiger partial charge in [-0.2, -0.15) is 13.2 Å². The topological polar surface area (TPSA) is 127 Å². The van der Waals surface area contributed by atoms with Crippen LogP contribution in [-0.2, 0) is 9.59 Å². The molecule has 0 heterocycles. The van der Waals surface area contributed by atoms with E-state index in [1.807, 2.05) is 0 Å². The third kappa shape index (κ3) is 7.53. The maximum Gasteiger partial charge on any atom is 0.471 e. The van der Waals surface area contributed by atoms with E-state index in [1.165, 1.54) is 5.32 Å². The number of carbonyl (C=O) groups excluding carboxylic acids is 1. The second-order valence-electron chi connectivity index (χ2n) is 3.15. The monoisotopic (exact) mass is 259 g/mol. The lowest BCUT2D eigenvalue weighted by atomic mass is 10.1. The first-order valence-electron chi connectivity index (χ1n) is 4.59. The normalized spacial score (nSPS) is 12.5. The summed E-state index contributed by atoms with van der Waals surface area (Å²) in [6.45, 7) is 0.319. The van der Waals surface area contributed by atoms with E-state index in [9.17, 15) is 22.8 Å². The predicted molar refractivity (Wildman–Crippen MR) is 53.5 cm³/mol. The first kappa shape index (κ1) is 18.0. The molecule has 1 amide bonds. The molecule has 0 fully saturated rings. The van der Waals surface area contributed by atoms with Gasteiger partial charge in [0.15, 0.2) is 0 Å². The molecule has 0 aliphatic heterocycles. The lowest BCUT2D eigenvalue weighted by Crippen LogP contribution is -2.46. The fraction of sp³-hybridized carbons (Fsp3) is 0.750. The number of carboxylic acids is 1. The molecule has 1 atom stereocenters. The van der Waals surface area contributed by atoms with Gasteiger partial charge in [0.2, 0.25) is 0 Å². The third-order valence-electron chi connectivity index (χ3n) is 1.81. The lowest BCUT2D eigenvalue weighted by molar-refractivity contribution is -0.175. The largest absolute Gasteiger partial charge is 0.480 e. The van der Waals surface area contributed by atoms with E-state index in [1.54, 1.807) is 0 Å². The van der Waals surface area contributed by atoms with E-state index in [0.717, 1.165) is 0 Å². The third-order valence-corrected chi connectivity index (χ3v) is 1.81. The smallest absolute Gasteiger partial charge is 0.471 e. The Kier molecular flexibility index (Phi) is 8.32. The molecule has 0 aliphatic carbocycles. The number of amides is 1. The Bertz CT molecular complexity index is 258. The summed E-state index contributed by atoms with van der Waals surface area (Å²) in [7, 11) is 0. The highest BCUT2D eigenvalue weighted by molar-refractivity contribution is 5.86. The van der Waals surface area contributed by atoms with Crippen LogP contribution in [-0.4, -0.2) is 35.7 Å². The van der Waals surface area contributed by atoms with E-state index in [4.69, 9.17) is 10.8 Å². The summed E-state index contributed by atoms with van der Waals surface area (Å²) in [6.07, 6.45) is -4.31. The predicted octanol–water partition coefficient (Wildman–Crippen LogP) is 0.409. The van der Waals surface area contributed by atoms with Gasteiger partial charge in [0.05, 0.1) is 0 Å². The van der Waals surface area contributed by atoms with Crippen LogP contribution in [0.25, 0.3) is 0 Å². The van der Waals surface area contributed by atoms with E-state index in [0.29, 0.717) is 19.4 Å². The lowest BCUT2D eigenvalue weighted by Gasteiger charge is -2.15. The van der Waals surface area contributed by atoms with Crippen LogP contribution in [0.5, 0.6) is 0 Å². The fourth-order valence-electron chi connectivity index (χ4n) is 0.990. The van der Waals surface area contributed by atoms with Crippen LogP contribution in [0.4, 0.5) is 13.2 Å². The van der Waals surface area contributed by atoms with Gasteiger partial charge in [-0.05, 0) is 25.8 Å². The molecule has 9 heteroatoms. The number of alkyl halides is 3. The number of aliphatic carboxylic acids is 1. The SMILES string of the molecule is N.NCCCC[C@H](NC(=O)C(F)(F)F)C(=O)O. The number of halogens is 3. The minimum absolute atomic E-state index is 0. The molecule has 0 saturated heterocycles. The molecule has 0 aromatic heterocycles. The molecule has 6 nitrogen and oxygen atoms in total. The molecule has 0 unspecified atom stereocenters. The number of nitrogens with one attached hydrogen (secondary N) is 1. The summed E-state index contributed by atoms with van der Waals surface area (Å²) in [5.41, 5.74) is 5.15.